The molecule has 2 aromatic carbocycles. The molecule has 1 fully saturated rings. The Morgan fingerprint density at radius 1 is 1.11 bits per heavy atom. The van der Waals surface area contributed by atoms with Gasteiger partial charge in [0.1, 0.15) is 17.2 Å². The van der Waals surface area contributed by atoms with Gasteiger partial charge in [0, 0.05) is 17.8 Å². The standard InChI is InChI=1S/C21H26N2O3S/c1-4-26-16-9-7-15(8-10-16)22-21(27)23-13-5-6-19(23)18-14-17(24-2)11-12-20(18)25-3/h7-12,14,19H,4-6,13H2,1-3H3,(H,22,27)/t19-/m1/s1. The van der Waals surface area contributed by atoms with E-state index < -0.39 is 0 Å². The van der Waals surface area contributed by atoms with Gasteiger partial charge in [-0.1, -0.05) is 0 Å². The smallest absolute Gasteiger partial charge is 0.173 e. The van der Waals surface area contributed by atoms with Gasteiger partial charge in [-0.3, -0.25) is 0 Å². The lowest BCUT2D eigenvalue weighted by Gasteiger charge is -2.29. The van der Waals surface area contributed by atoms with Crippen molar-refractivity contribution >= 4 is 23.0 Å². The topological polar surface area (TPSA) is 43.0 Å². The predicted octanol–water partition coefficient (Wildman–Crippen LogP) is 4.64. The molecule has 0 radical (unpaired) electrons. The molecule has 1 heterocycles. The summed E-state index contributed by atoms with van der Waals surface area (Å²) in [4.78, 5) is 2.23. The molecule has 1 aliphatic rings. The summed E-state index contributed by atoms with van der Waals surface area (Å²) in [5, 5.41) is 4.06. The number of thiocarbonyl (C=S) groups is 1. The summed E-state index contributed by atoms with van der Waals surface area (Å²) in [5.41, 5.74) is 2.05. The number of rotatable bonds is 6. The van der Waals surface area contributed by atoms with Crippen LogP contribution < -0.4 is 19.5 Å². The van der Waals surface area contributed by atoms with E-state index in [9.17, 15) is 0 Å². The summed E-state index contributed by atoms with van der Waals surface area (Å²) in [7, 11) is 3.37. The predicted molar refractivity (Wildman–Crippen MR) is 112 cm³/mol. The molecule has 3 rings (SSSR count). The summed E-state index contributed by atoms with van der Waals surface area (Å²) in [6.07, 6.45) is 2.10. The molecule has 0 aliphatic carbocycles. The molecular weight excluding hydrogens is 360 g/mol. The van der Waals surface area contributed by atoms with Gasteiger partial charge in [0.2, 0.25) is 0 Å². The molecule has 1 aliphatic heterocycles. The third kappa shape index (κ3) is 4.45. The van der Waals surface area contributed by atoms with Crippen molar-refractivity contribution in [2.45, 2.75) is 25.8 Å². The highest BCUT2D eigenvalue weighted by atomic mass is 32.1. The summed E-state index contributed by atoms with van der Waals surface area (Å²) in [6, 6.07) is 13.9. The number of hydrogen-bond acceptors (Lipinski definition) is 4. The fourth-order valence-corrected chi connectivity index (χ4v) is 3.77. The maximum atomic E-state index is 5.71. The molecule has 0 aromatic heterocycles. The van der Waals surface area contributed by atoms with E-state index in [2.05, 4.69) is 10.2 Å². The Balaban J connectivity index is 1.76. The van der Waals surface area contributed by atoms with Gasteiger partial charge in [0.25, 0.3) is 0 Å². The van der Waals surface area contributed by atoms with Crippen LogP contribution in [-0.2, 0) is 0 Å². The molecular formula is C21H26N2O3S. The van der Waals surface area contributed by atoms with Gasteiger partial charge in [-0.05, 0) is 74.4 Å². The van der Waals surface area contributed by atoms with E-state index in [4.69, 9.17) is 26.4 Å². The monoisotopic (exact) mass is 386 g/mol. The van der Waals surface area contributed by atoms with Crippen LogP contribution in [0.15, 0.2) is 42.5 Å². The molecule has 6 heteroatoms. The highest BCUT2D eigenvalue weighted by Gasteiger charge is 2.30. The largest absolute Gasteiger partial charge is 0.497 e. The Labute approximate surface area is 166 Å². The van der Waals surface area contributed by atoms with Crippen LogP contribution in [0.2, 0.25) is 0 Å². The fourth-order valence-electron chi connectivity index (χ4n) is 3.43. The number of anilines is 1. The molecule has 1 atom stereocenters. The first-order valence-electron chi connectivity index (χ1n) is 9.18. The van der Waals surface area contributed by atoms with Gasteiger partial charge in [-0.2, -0.15) is 0 Å². The number of benzene rings is 2. The first-order chi connectivity index (χ1) is 13.2. The van der Waals surface area contributed by atoms with Crippen molar-refractivity contribution in [3.05, 3.63) is 48.0 Å². The second-order valence-corrected chi connectivity index (χ2v) is 6.73. The first-order valence-corrected chi connectivity index (χ1v) is 9.59. The lowest BCUT2D eigenvalue weighted by molar-refractivity contribution is 0.340. The number of hydrogen-bond donors (Lipinski definition) is 1. The van der Waals surface area contributed by atoms with Gasteiger partial charge in [-0.25, -0.2) is 0 Å². The second kappa shape index (κ2) is 8.95. The molecule has 1 saturated heterocycles. The van der Waals surface area contributed by atoms with E-state index in [1.54, 1.807) is 14.2 Å². The lowest BCUT2D eigenvalue weighted by Crippen LogP contribution is -2.34. The molecule has 144 valence electrons. The van der Waals surface area contributed by atoms with Gasteiger partial charge >= 0.3 is 0 Å². The van der Waals surface area contributed by atoms with E-state index in [1.807, 2.05) is 49.4 Å². The van der Waals surface area contributed by atoms with Crippen LogP contribution in [0, 0.1) is 0 Å². The van der Waals surface area contributed by atoms with Crippen molar-refractivity contribution in [2.24, 2.45) is 0 Å². The third-order valence-electron chi connectivity index (χ3n) is 4.73. The van der Waals surface area contributed by atoms with E-state index in [0.29, 0.717) is 11.7 Å². The molecule has 0 amide bonds. The number of ether oxygens (including phenoxy) is 3. The molecule has 27 heavy (non-hydrogen) atoms. The lowest BCUT2D eigenvalue weighted by atomic mass is 10.0. The van der Waals surface area contributed by atoms with Crippen LogP contribution in [0.4, 0.5) is 5.69 Å². The highest BCUT2D eigenvalue weighted by molar-refractivity contribution is 7.80. The molecule has 2 aromatic rings. The average Bonchev–Trinajstić information content (AvgIpc) is 3.19. The van der Waals surface area contributed by atoms with Crippen LogP contribution in [0.1, 0.15) is 31.4 Å². The zero-order chi connectivity index (χ0) is 19.2. The third-order valence-corrected chi connectivity index (χ3v) is 5.06. The maximum Gasteiger partial charge on any atom is 0.173 e. The number of likely N-dealkylation sites (tertiary alicyclic amines) is 1. The van der Waals surface area contributed by atoms with E-state index in [0.717, 1.165) is 47.9 Å². The summed E-state index contributed by atoms with van der Waals surface area (Å²) in [6.45, 7) is 3.54. The van der Waals surface area contributed by atoms with E-state index in [-0.39, 0.29) is 6.04 Å². The zero-order valence-corrected chi connectivity index (χ0v) is 16.8. The summed E-state index contributed by atoms with van der Waals surface area (Å²) < 4.78 is 16.5. The molecule has 0 unspecified atom stereocenters. The number of nitrogens with zero attached hydrogens (tertiary/aromatic N) is 1. The number of nitrogens with one attached hydrogen (secondary N) is 1. The van der Waals surface area contributed by atoms with Crippen LogP contribution in [0.5, 0.6) is 17.2 Å². The second-order valence-electron chi connectivity index (χ2n) is 6.35. The van der Waals surface area contributed by atoms with Crippen molar-refractivity contribution in [3.63, 3.8) is 0 Å². The van der Waals surface area contributed by atoms with E-state index in [1.165, 1.54) is 0 Å². The normalized spacial score (nSPS) is 16.1. The number of methoxy groups -OCH3 is 2. The Morgan fingerprint density at radius 2 is 1.85 bits per heavy atom. The van der Waals surface area contributed by atoms with Crippen LogP contribution in [0.25, 0.3) is 0 Å². The van der Waals surface area contributed by atoms with E-state index >= 15 is 0 Å². The first kappa shape index (κ1) is 19.3. The van der Waals surface area contributed by atoms with Gasteiger partial charge in [0.15, 0.2) is 5.11 Å². The zero-order valence-electron chi connectivity index (χ0n) is 16.0. The van der Waals surface area contributed by atoms with Crippen LogP contribution in [0.3, 0.4) is 0 Å². The SMILES string of the molecule is CCOc1ccc(NC(=S)N2CCC[C@@H]2c2cc(OC)ccc2OC)cc1. The quantitative estimate of drug-likeness (QED) is 0.730. The molecule has 1 N–H and O–H groups in total. The van der Waals surface area contributed by atoms with Crippen molar-refractivity contribution in [2.75, 3.05) is 32.7 Å². The Kier molecular flexibility index (Phi) is 6.40. The molecule has 0 saturated carbocycles. The van der Waals surface area contributed by atoms with Crippen molar-refractivity contribution in [1.82, 2.24) is 4.90 Å². The minimum Gasteiger partial charge on any atom is -0.497 e. The Hall–Kier alpha value is -2.47. The Morgan fingerprint density at radius 3 is 2.52 bits per heavy atom. The van der Waals surface area contributed by atoms with Crippen molar-refractivity contribution < 1.29 is 14.2 Å². The highest BCUT2D eigenvalue weighted by Crippen LogP contribution is 2.39. The van der Waals surface area contributed by atoms with Crippen molar-refractivity contribution in [3.8, 4) is 17.2 Å². The molecule has 0 bridgehead atoms. The fraction of sp³-hybridized carbons (Fsp3) is 0.381. The van der Waals surface area contributed by atoms with Crippen LogP contribution >= 0.6 is 12.2 Å². The van der Waals surface area contributed by atoms with Crippen molar-refractivity contribution in [1.29, 1.82) is 0 Å². The van der Waals surface area contributed by atoms with Gasteiger partial charge in [0.05, 0.1) is 26.9 Å². The minimum absolute atomic E-state index is 0.165. The maximum absolute atomic E-state index is 5.71. The van der Waals surface area contributed by atoms with Crippen LogP contribution in [-0.4, -0.2) is 37.4 Å². The summed E-state index contributed by atoms with van der Waals surface area (Å²) in [5.74, 6) is 2.54. The van der Waals surface area contributed by atoms with Gasteiger partial charge in [-0.15, -0.1) is 0 Å². The Bertz CT molecular complexity index is 779. The van der Waals surface area contributed by atoms with Gasteiger partial charge < -0.3 is 24.4 Å². The molecule has 0 spiro atoms. The molecule has 5 nitrogen and oxygen atoms in total. The summed E-state index contributed by atoms with van der Waals surface area (Å²) >= 11 is 5.71. The average molecular weight is 387 g/mol. The minimum atomic E-state index is 0.165.